The van der Waals surface area contributed by atoms with Gasteiger partial charge in [-0.05, 0) is 22.0 Å². The molecule has 0 fully saturated rings. The SMILES string of the molecule is [2H]c1nc([2H])c(Br)c(OC([2H])[2H])c1[2H]. The number of rotatable bonds is 1. The first-order chi connectivity index (χ1) is 6.43. The lowest BCUT2D eigenvalue weighted by molar-refractivity contribution is 0.411. The van der Waals surface area contributed by atoms with Crippen LogP contribution >= 0.6 is 15.9 Å². The van der Waals surface area contributed by atoms with Crippen LogP contribution in [0.3, 0.4) is 0 Å². The fourth-order valence-corrected chi connectivity index (χ4v) is 0.624. The molecule has 1 aromatic rings. The van der Waals surface area contributed by atoms with E-state index in [0.717, 1.165) is 0 Å². The lowest BCUT2D eigenvalue weighted by Gasteiger charge is -1.98. The molecule has 48 valence electrons. The van der Waals surface area contributed by atoms with Crippen LogP contribution < -0.4 is 4.74 Å². The van der Waals surface area contributed by atoms with Crippen LogP contribution in [0.1, 0.15) is 6.85 Å². The Morgan fingerprint density at radius 3 is 3.67 bits per heavy atom. The summed E-state index contributed by atoms with van der Waals surface area (Å²) >= 11 is 2.95. The van der Waals surface area contributed by atoms with E-state index in [9.17, 15) is 0 Å². The highest BCUT2D eigenvalue weighted by molar-refractivity contribution is 9.10. The number of halogens is 1. The minimum Gasteiger partial charge on any atom is -0.495 e. The fourth-order valence-electron chi connectivity index (χ4n) is 0.343. The predicted octanol–water partition coefficient (Wildman–Crippen LogP) is 1.85. The Bertz CT molecular complexity index is 332. The molecule has 0 aliphatic rings. The molecule has 0 saturated carbocycles. The quantitative estimate of drug-likeness (QED) is 0.678. The van der Waals surface area contributed by atoms with Crippen molar-refractivity contribution in [2.24, 2.45) is 0 Å². The lowest BCUT2D eigenvalue weighted by atomic mass is 10.5. The summed E-state index contributed by atoms with van der Waals surface area (Å²) in [6.07, 6.45) is -0.657. The second-order valence-electron chi connectivity index (χ2n) is 1.22. The molecule has 0 spiro atoms. The summed E-state index contributed by atoms with van der Waals surface area (Å²) in [6.45, 7) is 0. The number of hydrogen-bond donors (Lipinski definition) is 0. The highest BCUT2D eigenvalue weighted by Crippen LogP contribution is 2.21. The number of pyridine rings is 1. The Balaban J connectivity index is 3.25. The van der Waals surface area contributed by atoms with Gasteiger partial charge in [0.25, 0.3) is 0 Å². The molecule has 0 unspecified atom stereocenters. The lowest BCUT2D eigenvalue weighted by Crippen LogP contribution is -1.83. The van der Waals surface area contributed by atoms with Crippen molar-refractivity contribution in [3.63, 3.8) is 0 Å². The number of aromatic nitrogens is 1. The molecule has 0 radical (unpaired) electrons. The molecule has 0 aliphatic heterocycles. The monoisotopic (exact) mass is 192 g/mol. The van der Waals surface area contributed by atoms with Gasteiger partial charge < -0.3 is 4.74 Å². The van der Waals surface area contributed by atoms with E-state index in [4.69, 9.17) is 6.85 Å². The molecule has 0 N–H and O–H groups in total. The molecule has 0 saturated heterocycles. The molecular formula is C6H6BrNO. The third-order valence-electron chi connectivity index (χ3n) is 0.697. The van der Waals surface area contributed by atoms with Crippen molar-refractivity contribution in [3.8, 4) is 5.75 Å². The average Bonchev–Trinajstić information content (AvgIpc) is 2.09. The van der Waals surface area contributed by atoms with Crippen molar-refractivity contribution in [2.45, 2.75) is 0 Å². The Kier molecular flexibility index (Phi) is 0.810. The van der Waals surface area contributed by atoms with Crippen molar-refractivity contribution in [3.05, 3.63) is 22.9 Å². The van der Waals surface area contributed by atoms with Crippen LogP contribution in [0.5, 0.6) is 5.75 Å². The zero-order chi connectivity index (χ0) is 10.9. The van der Waals surface area contributed by atoms with Crippen LogP contribution in [-0.4, -0.2) is 12.0 Å². The number of methoxy groups -OCH3 is 1. The Morgan fingerprint density at radius 1 is 2.00 bits per heavy atom. The second kappa shape index (κ2) is 2.82. The highest BCUT2D eigenvalue weighted by Gasteiger charge is 1.94. The summed E-state index contributed by atoms with van der Waals surface area (Å²) in [5.74, 6) is -0.162. The minimum atomic E-state index is -1.60. The minimum absolute atomic E-state index is 0.0861. The van der Waals surface area contributed by atoms with Gasteiger partial charge in [0.1, 0.15) is 5.75 Å². The molecule has 0 atom stereocenters. The maximum atomic E-state index is 7.37. The molecule has 0 aromatic carbocycles. The van der Waals surface area contributed by atoms with Gasteiger partial charge in [0, 0.05) is 12.3 Å². The van der Waals surface area contributed by atoms with Gasteiger partial charge in [0.05, 0.1) is 18.4 Å². The van der Waals surface area contributed by atoms with Gasteiger partial charge in [-0.1, -0.05) is 0 Å². The van der Waals surface area contributed by atoms with E-state index in [1.54, 1.807) is 0 Å². The van der Waals surface area contributed by atoms with E-state index in [0.29, 0.717) is 0 Å². The van der Waals surface area contributed by atoms with Crippen molar-refractivity contribution < 1.29 is 11.6 Å². The third kappa shape index (κ3) is 1.42. The van der Waals surface area contributed by atoms with Crippen molar-refractivity contribution >= 4 is 15.9 Å². The molecule has 0 amide bonds. The largest absolute Gasteiger partial charge is 0.495 e. The van der Waals surface area contributed by atoms with Crippen LogP contribution in [0.2, 0.25) is 0 Å². The number of nitrogens with zero attached hydrogens (tertiary/aromatic N) is 1. The molecule has 1 aromatic heterocycles. The molecule has 1 heterocycles. The summed E-state index contributed by atoms with van der Waals surface area (Å²) < 4.78 is 40.3. The van der Waals surface area contributed by atoms with Gasteiger partial charge in [0.2, 0.25) is 0 Å². The molecule has 3 heteroatoms. The van der Waals surface area contributed by atoms with Crippen LogP contribution in [0, 0.1) is 0 Å². The van der Waals surface area contributed by atoms with Crippen LogP contribution in [-0.2, 0) is 0 Å². The Labute approximate surface area is 69.0 Å². The van der Waals surface area contributed by atoms with E-state index < -0.39 is 13.2 Å². The van der Waals surface area contributed by atoms with E-state index in [1.807, 2.05) is 0 Å². The van der Waals surface area contributed by atoms with Crippen LogP contribution in [0.25, 0.3) is 0 Å². The van der Waals surface area contributed by atoms with E-state index >= 15 is 0 Å². The highest BCUT2D eigenvalue weighted by atomic mass is 79.9. The topological polar surface area (TPSA) is 22.1 Å². The van der Waals surface area contributed by atoms with Crippen molar-refractivity contribution in [1.29, 1.82) is 0 Å². The maximum Gasteiger partial charge on any atom is 0.136 e. The molecule has 9 heavy (non-hydrogen) atoms. The van der Waals surface area contributed by atoms with Gasteiger partial charge in [0.15, 0.2) is 0 Å². The van der Waals surface area contributed by atoms with Gasteiger partial charge >= 0.3 is 0 Å². The summed E-state index contributed by atoms with van der Waals surface area (Å²) in [7, 11) is -1.60. The summed E-state index contributed by atoms with van der Waals surface area (Å²) in [6, 6.07) is -0.336. The van der Waals surface area contributed by atoms with Crippen molar-refractivity contribution in [2.75, 3.05) is 7.06 Å². The Hall–Kier alpha value is -0.570. The standard InChI is InChI=1S/C6H6BrNO/c1-9-6-2-3-8-4-5(6)7/h2-4H,1H3/i1D2,2D,3D,4D. The summed E-state index contributed by atoms with van der Waals surface area (Å²) in [5, 5.41) is 0. The smallest absolute Gasteiger partial charge is 0.136 e. The second-order valence-corrected chi connectivity index (χ2v) is 2.01. The van der Waals surface area contributed by atoms with Crippen molar-refractivity contribution in [1.82, 2.24) is 4.98 Å². The molecule has 0 aliphatic carbocycles. The summed E-state index contributed by atoms with van der Waals surface area (Å²) in [4.78, 5) is 3.44. The zero-order valence-corrected chi connectivity index (χ0v) is 5.90. The van der Waals surface area contributed by atoms with E-state index in [2.05, 4.69) is 25.7 Å². The fraction of sp³-hybridized carbons (Fsp3) is 0.167. The first kappa shape index (κ1) is 2.58. The zero-order valence-electron chi connectivity index (χ0n) is 9.31. The van der Waals surface area contributed by atoms with Crippen LogP contribution in [0.15, 0.2) is 22.9 Å². The Morgan fingerprint density at radius 2 is 2.89 bits per heavy atom. The maximum absolute atomic E-state index is 7.37. The number of ether oxygens (including phenoxy) is 1. The van der Waals surface area contributed by atoms with E-state index in [-0.39, 0.29) is 22.4 Å². The van der Waals surface area contributed by atoms with Gasteiger partial charge in [-0.15, -0.1) is 0 Å². The number of hydrogen-bond acceptors (Lipinski definition) is 2. The first-order valence-electron chi connectivity index (χ1n) is 4.73. The van der Waals surface area contributed by atoms with Gasteiger partial charge in [-0.2, -0.15) is 0 Å². The third-order valence-corrected chi connectivity index (χ3v) is 1.23. The normalized spacial score (nSPS) is 17.3. The first-order valence-corrected chi connectivity index (χ1v) is 2.87. The molecule has 0 bridgehead atoms. The summed E-state index contributed by atoms with van der Waals surface area (Å²) in [5.41, 5.74) is 0. The predicted molar refractivity (Wildman–Crippen MR) is 38.5 cm³/mol. The molecular weight excluding hydrogens is 182 g/mol. The molecule has 1 rings (SSSR count). The van der Waals surface area contributed by atoms with Crippen LogP contribution in [0.4, 0.5) is 0 Å². The van der Waals surface area contributed by atoms with Gasteiger partial charge in [-0.3, -0.25) is 4.98 Å². The molecule has 2 nitrogen and oxygen atoms in total. The average molecular weight is 193 g/mol. The van der Waals surface area contributed by atoms with Gasteiger partial charge in [-0.25, -0.2) is 0 Å². The van der Waals surface area contributed by atoms with E-state index in [1.165, 1.54) is 0 Å².